The lowest BCUT2D eigenvalue weighted by Crippen LogP contribution is -2.27. The van der Waals surface area contributed by atoms with Gasteiger partial charge in [0.1, 0.15) is 11.1 Å². The molecule has 1 atom stereocenters. The first-order valence-corrected chi connectivity index (χ1v) is 8.42. The number of ether oxygens (including phenoxy) is 1. The molecule has 0 radical (unpaired) electrons. The summed E-state index contributed by atoms with van der Waals surface area (Å²) in [5.74, 6) is 1.71. The Balaban J connectivity index is 1.61. The fraction of sp³-hybridized carbons (Fsp3) is 0.294. The molecule has 0 aliphatic carbocycles. The molecular formula is C17H16N2O2S. The Bertz CT molecular complexity index is 705. The molecule has 1 aromatic heterocycles. The van der Waals surface area contributed by atoms with Gasteiger partial charge in [-0.25, -0.2) is 0 Å². The Labute approximate surface area is 133 Å². The Morgan fingerprint density at radius 3 is 3.18 bits per heavy atom. The normalized spacial score (nSPS) is 20.1. The summed E-state index contributed by atoms with van der Waals surface area (Å²) in [5, 5.41) is 0.0820. The third-order valence-electron chi connectivity index (χ3n) is 4.04. The second-order valence-electron chi connectivity index (χ2n) is 5.51. The first-order valence-electron chi connectivity index (χ1n) is 7.37. The van der Waals surface area contributed by atoms with Crippen LogP contribution in [0.5, 0.6) is 5.75 Å². The van der Waals surface area contributed by atoms with E-state index in [2.05, 4.69) is 17.1 Å². The summed E-state index contributed by atoms with van der Waals surface area (Å²) in [7, 11) is 0. The fourth-order valence-electron chi connectivity index (χ4n) is 2.95. The molecule has 1 fully saturated rings. The van der Waals surface area contributed by atoms with Gasteiger partial charge in [0.2, 0.25) is 5.91 Å². The molecular weight excluding hydrogens is 296 g/mol. The van der Waals surface area contributed by atoms with E-state index in [0.29, 0.717) is 12.3 Å². The summed E-state index contributed by atoms with van der Waals surface area (Å²) >= 11 is 1.69. The third kappa shape index (κ3) is 2.46. The van der Waals surface area contributed by atoms with Gasteiger partial charge in [-0.1, -0.05) is 12.1 Å². The Kier molecular flexibility index (Phi) is 3.50. The average Bonchev–Trinajstić information content (AvgIpc) is 3.15. The second kappa shape index (κ2) is 5.65. The van der Waals surface area contributed by atoms with Crippen LogP contribution in [0.1, 0.15) is 22.1 Å². The molecule has 22 heavy (non-hydrogen) atoms. The quantitative estimate of drug-likeness (QED) is 0.874. The average molecular weight is 312 g/mol. The van der Waals surface area contributed by atoms with Crippen molar-refractivity contribution in [1.82, 2.24) is 9.88 Å². The zero-order valence-corrected chi connectivity index (χ0v) is 12.9. The van der Waals surface area contributed by atoms with E-state index in [1.807, 2.05) is 29.3 Å². The van der Waals surface area contributed by atoms with Crippen LogP contribution in [-0.4, -0.2) is 28.2 Å². The van der Waals surface area contributed by atoms with Crippen LogP contribution in [0.15, 0.2) is 42.7 Å². The van der Waals surface area contributed by atoms with Crippen molar-refractivity contribution in [3.8, 4) is 5.75 Å². The molecule has 1 aromatic carbocycles. The van der Waals surface area contributed by atoms with Gasteiger partial charge in [0.25, 0.3) is 0 Å². The maximum absolute atomic E-state index is 12.3. The monoisotopic (exact) mass is 312 g/mol. The number of aromatic nitrogens is 1. The van der Waals surface area contributed by atoms with E-state index >= 15 is 0 Å². The highest BCUT2D eigenvalue weighted by Crippen LogP contribution is 2.41. The van der Waals surface area contributed by atoms with E-state index in [9.17, 15) is 4.79 Å². The number of carbonyl (C=O) groups excluding carboxylic acids is 1. The van der Waals surface area contributed by atoms with E-state index in [4.69, 9.17) is 4.74 Å². The van der Waals surface area contributed by atoms with E-state index in [-0.39, 0.29) is 11.3 Å². The zero-order valence-electron chi connectivity index (χ0n) is 12.1. The summed E-state index contributed by atoms with van der Waals surface area (Å²) in [6.07, 6.45) is 4.53. The molecule has 1 saturated heterocycles. The van der Waals surface area contributed by atoms with Crippen LogP contribution >= 0.6 is 11.8 Å². The largest absolute Gasteiger partial charge is 0.493 e. The number of nitrogens with zero attached hydrogens (tertiary/aromatic N) is 2. The van der Waals surface area contributed by atoms with Crippen LogP contribution < -0.4 is 4.74 Å². The lowest BCUT2D eigenvalue weighted by molar-refractivity contribution is -0.128. The molecule has 2 aliphatic heterocycles. The highest BCUT2D eigenvalue weighted by atomic mass is 32.2. The number of benzene rings is 1. The van der Waals surface area contributed by atoms with Crippen molar-refractivity contribution in [2.75, 3.05) is 12.4 Å². The molecule has 112 valence electrons. The Morgan fingerprint density at radius 2 is 2.32 bits per heavy atom. The number of carbonyl (C=O) groups is 1. The lowest BCUT2D eigenvalue weighted by Gasteiger charge is -2.24. The van der Waals surface area contributed by atoms with Crippen molar-refractivity contribution in [3.05, 3.63) is 59.4 Å². The number of fused-ring (bicyclic) bond motifs is 1. The van der Waals surface area contributed by atoms with Gasteiger partial charge in [-0.2, -0.15) is 0 Å². The highest BCUT2D eigenvalue weighted by molar-refractivity contribution is 8.00. The van der Waals surface area contributed by atoms with Gasteiger partial charge in [-0.15, -0.1) is 11.8 Å². The first-order chi connectivity index (χ1) is 10.8. The number of rotatable bonds is 3. The molecule has 1 amide bonds. The first kappa shape index (κ1) is 13.6. The predicted molar refractivity (Wildman–Crippen MR) is 85.6 cm³/mol. The van der Waals surface area contributed by atoms with Gasteiger partial charge in [-0.05, 0) is 34.9 Å². The van der Waals surface area contributed by atoms with E-state index in [0.717, 1.165) is 24.3 Å². The molecule has 1 unspecified atom stereocenters. The molecule has 0 spiro atoms. The van der Waals surface area contributed by atoms with Crippen molar-refractivity contribution < 1.29 is 9.53 Å². The number of hydrogen-bond acceptors (Lipinski definition) is 4. The SMILES string of the molecule is O=C1CSC(c2ccc3c(c2)CCO3)N1Cc1cccnc1. The summed E-state index contributed by atoms with van der Waals surface area (Å²) < 4.78 is 5.56. The van der Waals surface area contributed by atoms with Gasteiger partial charge < -0.3 is 9.64 Å². The minimum Gasteiger partial charge on any atom is -0.493 e. The molecule has 3 heterocycles. The number of hydrogen-bond donors (Lipinski definition) is 0. The van der Waals surface area contributed by atoms with Crippen LogP contribution in [0.25, 0.3) is 0 Å². The number of amides is 1. The van der Waals surface area contributed by atoms with Crippen molar-refractivity contribution >= 4 is 17.7 Å². The van der Waals surface area contributed by atoms with Gasteiger partial charge in [0.15, 0.2) is 0 Å². The van der Waals surface area contributed by atoms with E-state index in [1.165, 1.54) is 11.1 Å². The molecule has 2 aromatic rings. The standard InChI is InChI=1S/C17H16N2O2S/c20-16-11-22-17(19(16)10-12-2-1-6-18-9-12)14-3-4-15-13(8-14)5-7-21-15/h1-4,6,8-9,17H,5,7,10-11H2. The van der Waals surface area contributed by atoms with Crippen LogP contribution in [0.4, 0.5) is 0 Å². The van der Waals surface area contributed by atoms with E-state index in [1.54, 1.807) is 18.0 Å². The maximum Gasteiger partial charge on any atom is 0.234 e. The van der Waals surface area contributed by atoms with Crippen LogP contribution in [0, 0.1) is 0 Å². The third-order valence-corrected chi connectivity index (χ3v) is 5.30. The summed E-state index contributed by atoms with van der Waals surface area (Å²) in [5.41, 5.74) is 3.50. The smallest absolute Gasteiger partial charge is 0.234 e. The lowest BCUT2D eigenvalue weighted by atomic mass is 10.1. The van der Waals surface area contributed by atoms with Crippen LogP contribution in [-0.2, 0) is 17.8 Å². The van der Waals surface area contributed by atoms with Gasteiger partial charge >= 0.3 is 0 Å². The highest BCUT2D eigenvalue weighted by Gasteiger charge is 2.33. The molecule has 4 nitrogen and oxygen atoms in total. The van der Waals surface area contributed by atoms with Gasteiger partial charge in [0.05, 0.1) is 12.4 Å². The molecule has 2 aliphatic rings. The van der Waals surface area contributed by atoms with Gasteiger partial charge in [0, 0.05) is 25.4 Å². The predicted octanol–water partition coefficient (Wildman–Crippen LogP) is 2.79. The topological polar surface area (TPSA) is 42.4 Å². The molecule has 0 N–H and O–H groups in total. The summed E-state index contributed by atoms with van der Waals surface area (Å²) in [6, 6.07) is 10.2. The Hall–Kier alpha value is -2.01. The number of pyridine rings is 1. The van der Waals surface area contributed by atoms with Crippen molar-refractivity contribution in [1.29, 1.82) is 0 Å². The Morgan fingerprint density at radius 1 is 1.36 bits per heavy atom. The maximum atomic E-state index is 12.3. The number of thioether (sulfide) groups is 1. The van der Waals surface area contributed by atoms with Crippen molar-refractivity contribution in [2.45, 2.75) is 18.3 Å². The summed E-state index contributed by atoms with van der Waals surface area (Å²) in [4.78, 5) is 18.3. The fourth-order valence-corrected chi connectivity index (χ4v) is 4.13. The molecule has 0 saturated carbocycles. The zero-order chi connectivity index (χ0) is 14.9. The molecule has 0 bridgehead atoms. The minimum atomic E-state index is 0.0820. The minimum absolute atomic E-state index is 0.0820. The summed E-state index contributed by atoms with van der Waals surface area (Å²) in [6.45, 7) is 1.37. The van der Waals surface area contributed by atoms with Crippen LogP contribution in [0.2, 0.25) is 0 Å². The molecule has 5 heteroatoms. The van der Waals surface area contributed by atoms with Crippen molar-refractivity contribution in [2.24, 2.45) is 0 Å². The van der Waals surface area contributed by atoms with Gasteiger partial charge in [-0.3, -0.25) is 9.78 Å². The molecule has 4 rings (SSSR count). The second-order valence-corrected chi connectivity index (χ2v) is 6.58. The van der Waals surface area contributed by atoms with Crippen molar-refractivity contribution in [3.63, 3.8) is 0 Å². The van der Waals surface area contributed by atoms with Crippen LogP contribution in [0.3, 0.4) is 0 Å². The van der Waals surface area contributed by atoms with E-state index < -0.39 is 0 Å².